The lowest BCUT2D eigenvalue weighted by atomic mass is 10.1. The zero-order valence-corrected chi connectivity index (χ0v) is 9.60. The minimum atomic E-state index is -1.69. The molecule has 0 aromatic heterocycles. The number of carbonyl (C=O) groups is 1. The van der Waals surface area contributed by atoms with E-state index in [1.807, 2.05) is 0 Å². The molecular formula is C9H6Cl3NO2. The van der Waals surface area contributed by atoms with Crippen LogP contribution >= 0.6 is 34.8 Å². The predicted molar refractivity (Wildman–Crippen MR) is 58.6 cm³/mol. The molecule has 0 bridgehead atoms. The van der Waals surface area contributed by atoms with Crippen LogP contribution in [0.4, 0.5) is 0 Å². The summed E-state index contributed by atoms with van der Waals surface area (Å²) in [5, 5.41) is 2.46. The van der Waals surface area contributed by atoms with Crippen molar-refractivity contribution >= 4 is 40.7 Å². The highest BCUT2D eigenvalue weighted by Gasteiger charge is 2.39. The summed E-state index contributed by atoms with van der Waals surface area (Å²) in [6.07, 6.45) is -0.968. The van der Waals surface area contributed by atoms with Gasteiger partial charge >= 0.3 is 0 Å². The SMILES string of the molecule is O=C1N[C@@H](C(Cl)(Cl)Cl)Oc2ccccc21. The Morgan fingerprint density at radius 3 is 2.60 bits per heavy atom. The number of fused-ring (bicyclic) bond motifs is 1. The smallest absolute Gasteiger partial charge is 0.257 e. The van der Waals surface area contributed by atoms with E-state index in [1.54, 1.807) is 24.3 Å². The molecule has 1 aromatic rings. The summed E-state index contributed by atoms with van der Waals surface area (Å²) < 4.78 is 3.65. The maximum absolute atomic E-state index is 11.6. The number of para-hydroxylation sites is 1. The number of halogens is 3. The summed E-state index contributed by atoms with van der Waals surface area (Å²) in [6, 6.07) is 6.76. The second kappa shape index (κ2) is 3.74. The lowest BCUT2D eigenvalue weighted by Crippen LogP contribution is -2.50. The highest BCUT2D eigenvalue weighted by Crippen LogP contribution is 2.35. The van der Waals surface area contributed by atoms with Gasteiger partial charge in [-0.25, -0.2) is 0 Å². The van der Waals surface area contributed by atoms with E-state index in [0.29, 0.717) is 11.3 Å². The Labute approximate surface area is 101 Å². The van der Waals surface area contributed by atoms with Gasteiger partial charge in [0.1, 0.15) is 5.75 Å². The summed E-state index contributed by atoms with van der Waals surface area (Å²) in [6.45, 7) is 0. The Kier molecular flexibility index (Phi) is 2.71. The van der Waals surface area contributed by atoms with Crippen LogP contribution in [-0.4, -0.2) is 15.9 Å². The first-order chi connectivity index (χ1) is 6.98. The number of amides is 1. The summed E-state index contributed by atoms with van der Waals surface area (Å²) in [7, 11) is 0. The molecule has 2 rings (SSSR count). The van der Waals surface area contributed by atoms with Gasteiger partial charge in [0.05, 0.1) is 5.56 Å². The van der Waals surface area contributed by atoms with Crippen molar-refractivity contribution in [1.29, 1.82) is 0 Å². The molecule has 80 valence electrons. The van der Waals surface area contributed by atoms with Gasteiger partial charge in [0.15, 0.2) is 0 Å². The molecule has 0 radical (unpaired) electrons. The summed E-state index contributed by atoms with van der Waals surface area (Å²) in [5.74, 6) is 0.103. The molecule has 1 aliphatic rings. The van der Waals surface area contributed by atoms with Crippen LogP contribution in [0.2, 0.25) is 0 Å². The number of ether oxygens (including phenoxy) is 1. The molecule has 1 aliphatic heterocycles. The van der Waals surface area contributed by atoms with Crippen molar-refractivity contribution in [2.45, 2.75) is 10.0 Å². The first-order valence-corrected chi connectivity index (χ1v) is 5.25. The maximum atomic E-state index is 11.6. The van der Waals surface area contributed by atoms with Gasteiger partial charge in [-0.2, -0.15) is 0 Å². The average Bonchev–Trinajstić information content (AvgIpc) is 2.16. The van der Waals surface area contributed by atoms with Crippen LogP contribution in [0.3, 0.4) is 0 Å². The van der Waals surface area contributed by atoms with E-state index in [9.17, 15) is 4.79 Å². The minimum Gasteiger partial charge on any atom is -0.465 e. The van der Waals surface area contributed by atoms with Crippen LogP contribution in [-0.2, 0) is 0 Å². The molecule has 0 unspecified atom stereocenters. The van der Waals surface area contributed by atoms with E-state index in [2.05, 4.69) is 5.32 Å². The van der Waals surface area contributed by atoms with Gasteiger partial charge < -0.3 is 10.1 Å². The second-order valence-corrected chi connectivity index (χ2v) is 5.38. The quantitative estimate of drug-likeness (QED) is 0.733. The largest absolute Gasteiger partial charge is 0.465 e. The Bertz CT molecular complexity index is 403. The van der Waals surface area contributed by atoms with Gasteiger partial charge in [0.25, 0.3) is 5.91 Å². The number of rotatable bonds is 0. The molecule has 0 saturated heterocycles. The Hall–Kier alpha value is -0.640. The van der Waals surface area contributed by atoms with Crippen LogP contribution in [0.25, 0.3) is 0 Å². The number of benzene rings is 1. The molecule has 0 spiro atoms. The van der Waals surface area contributed by atoms with Crippen LogP contribution in [0, 0.1) is 0 Å². The standard InChI is InChI=1S/C9H6Cl3NO2/c10-9(11,12)8-13-7(14)5-3-1-2-4-6(5)15-8/h1-4,8H,(H,13,14)/t8-/m1/s1. The molecule has 6 heteroatoms. The molecular weight excluding hydrogens is 260 g/mol. The molecule has 15 heavy (non-hydrogen) atoms. The lowest BCUT2D eigenvalue weighted by Gasteiger charge is -2.30. The van der Waals surface area contributed by atoms with Crippen LogP contribution in [0.1, 0.15) is 10.4 Å². The highest BCUT2D eigenvalue weighted by molar-refractivity contribution is 6.68. The third-order valence-electron chi connectivity index (χ3n) is 1.94. The molecule has 1 amide bonds. The molecule has 1 atom stereocenters. The minimum absolute atomic E-state index is 0.312. The van der Waals surface area contributed by atoms with Crippen LogP contribution < -0.4 is 10.1 Å². The van der Waals surface area contributed by atoms with Crippen molar-refractivity contribution in [1.82, 2.24) is 5.32 Å². The Morgan fingerprint density at radius 2 is 1.93 bits per heavy atom. The van der Waals surface area contributed by atoms with E-state index in [-0.39, 0.29) is 5.91 Å². The third kappa shape index (κ3) is 2.14. The predicted octanol–water partition coefficient (Wildman–Crippen LogP) is 2.51. The van der Waals surface area contributed by atoms with E-state index in [4.69, 9.17) is 39.5 Å². The van der Waals surface area contributed by atoms with Crippen molar-refractivity contribution in [2.24, 2.45) is 0 Å². The summed E-state index contributed by atoms with van der Waals surface area (Å²) in [4.78, 5) is 11.6. The molecule has 1 N–H and O–H groups in total. The molecule has 0 saturated carbocycles. The van der Waals surface area contributed by atoms with Crippen LogP contribution in [0.5, 0.6) is 5.75 Å². The number of alkyl halides is 3. The average molecular weight is 267 g/mol. The fourth-order valence-corrected chi connectivity index (χ4v) is 1.56. The molecule has 0 aliphatic carbocycles. The van der Waals surface area contributed by atoms with Crippen molar-refractivity contribution in [3.63, 3.8) is 0 Å². The highest BCUT2D eigenvalue weighted by atomic mass is 35.6. The summed E-state index contributed by atoms with van der Waals surface area (Å²) in [5.41, 5.74) is 0.433. The fourth-order valence-electron chi connectivity index (χ4n) is 1.26. The second-order valence-electron chi connectivity index (χ2n) is 3.01. The van der Waals surface area contributed by atoms with Gasteiger partial charge in [-0.1, -0.05) is 46.9 Å². The third-order valence-corrected chi connectivity index (χ3v) is 2.53. The van der Waals surface area contributed by atoms with Gasteiger partial charge in [0, 0.05) is 0 Å². The Balaban J connectivity index is 2.35. The zero-order valence-electron chi connectivity index (χ0n) is 7.34. The van der Waals surface area contributed by atoms with Crippen molar-refractivity contribution in [2.75, 3.05) is 0 Å². The Morgan fingerprint density at radius 1 is 1.27 bits per heavy atom. The molecule has 3 nitrogen and oxygen atoms in total. The maximum Gasteiger partial charge on any atom is 0.257 e. The first-order valence-electron chi connectivity index (χ1n) is 4.12. The van der Waals surface area contributed by atoms with E-state index in [0.717, 1.165) is 0 Å². The number of nitrogens with one attached hydrogen (secondary N) is 1. The number of hydrogen-bond acceptors (Lipinski definition) is 2. The van der Waals surface area contributed by atoms with Crippen LogP contribution in [0.15, 0.2) is 24.3 Å². The van der Waals surface area contributed by atoms with Gasteiger partial charge in [-0.05, 0) is 12.1 Å². The fraction of sp³-hybridized carbons (Fsp3) is 0.222. The number of hydrogen-bond donors (Lipinski definition) is 1. The van der Waals surface area contributed by atoms with Gasteiger partial charge in [-0.3, -0.25) is 4.79 Å². The van der Waals surface area contributed by atoms with Crippen molar-refractivity contribution in [3.8, 4) is 5.75 Å². The first kappa shape index (κ1) is 10.9. The molecule has 1 aromatic carbocycles. The summed E-state index contributed by atoms with van der Waals surface area (Å²) >= 11 is 16.9. The van der Waals surface area contributed by atoms with Crippen molar-refractivity contribution in [3.05, 3.63) is 29.8 Å². The topological polar surface area (TPSA) is 38.3 Å². The monoisotopic (exact) mass is 265 g/mol. The molecule has 1 heterocycles. The van der Waals surface area contributed by atoms with E-state index in [1.165, 1.54) is 0 Å². The number of carbonyl (C=O) groups excluding carboxylic acids is 1. The molecule has 0 fully saturated rings. The van der Waals surface area contributed by atoms with Crippen molar-refractivity contribution < 1.29 is 9.53 Å². The van der Waals surface area contributed by atoms with Gasteiger partial charge in [0.2, 0.25) is 10.0 Å². The normalized spacial score (nSPS) is 20.2. The van der Waals surface area contributed by atoms with E-state index >= 15 is 0 Å². The van der Waals surface area contributed by atoms with Gasteiger partial charge in [-0.15, -0.1) is 0 Å². The lowest BCUT2D eigenvalue weighted by molar-refractivity contribution is 0.0763. The zero-order chi connectivity index (χ0) is 11.1. The van der Waals surface area contributed by atoms with E-state index < -0.39 is 10.0 Å².